The van der Waals surface area contributed by atoms with Crippen molar-refractivity contribution in [3.05, 3.63) is 66.0 Å². The summed E-state index contributed by atoms with van der Waals surface area (Å²) in [4.78, 5) is 25.6. The molecule has 0 fully saturated rings. The fraction of sp³-hybridized carbons (Fsp3) is 0.200. The number of nitrogens with one attached hydrogen (secondary N) is 1. The van der Waals surface area contributed by atoms with E-state index in [4.69, 9.17) is 10.5 Å². The van der Waals surface area contributed by atoms with E-state index >= 15 is 0 Å². The molecule has 0 bridgehead atoms. The molecule has 1 unspecified atom stereocenters. The van der Waals surface area contributed by atoms with Crippen LogP contribution in [0.25, 0.3) is 0 Å². The smallest absolute Gasteiger partial charge is 0.319 e. The van der Waals surface area contributed by atoms with Gasteiger partial charge in [0, 0.05) is 10.6 Å². The van der Waals surface area contributed by atoms with Gasteiger partial charge in [0.2, 0.25) is 11.9 Å². The van der Waals surface area contributed by atoms with Gasteiger partial charge in [0.1, 0.15) is 5.25 Å². The van der Waals surface area contributed by atoms with Crippen molar-refractivity contribution in [2.24, 2.45) is 0 Å². The summed E-state index contributed by atoms with van der Waals surface area (Å²) in [5.74, 6) is 0.296. The predicted octanol–water partition coefficient (Wildman–Crippen LogP) is 3.73. The van der Waals surface area contributed by atoms with E-state index in [0.29, 0.717) is 5.95 Å². The van der Waals surface area contributed by atoms with Crippen LogP contribution in [0.1, 0.15) is 18.3 Å². The summed E-state index contributed by atoms with van der Waals surface area (Å²) in [6, 6.07) is 17.5. The van der Waals surface area contributed by atoms with Crippen molar-refractivity contribution >= 4 is 35.3 Å². The van der Waals surface area contributed by atoms with E-state index in [9.17, 15) is 4.79 Å². The van der Waals surface area contributed by atoms with Gasteiger partial charge in [-0.2, -0.15) is 15.0 Å². The molecular weight excluding hydrogens is 374 g/mol. The molecule has 28 heavy (non-hydrogen) atoms. The van der Waals surface area contributed by atoms with Crippen molar-refractivity contribution < 1.29 is 9.53 Å². The molecule has 3 aromatic rings. The minimum Gasteiger partial charge on any atom is -0.457 e. The zero-order valence-corrected chi connectivity index (χ0v) is 16.4. The number of thioether (sulfide) groups is 1. The van der Waals surface area contributed by atoms with E-state index in [2.05, 4.69) is 20.3 Å². The zero-order chi connectivity index (χ0) is 19.9. The van der Waals surface area contributed by atoms with Crippen molar-refractivity contribution in [3.8, 4) is 0 Å². The third kappa shape index (κ3) is 5.68. The highest BCUT2D eigenvalue weighted by molar-refractivity contribution is 8.00. The van der Waals surface area contributed by atoms with Crippen LogP contribution in [0.3, 0.4) is 0 Å². The fourth-order valence-corrected chi connectivity index (χ4v) is 3.22. The molecule has 0 saturated carbocycles. The Hall–Kier alpha value is -3.13. The van der Waals surface area contributed by atoms with Gasteiger partial charge in [0.15, 0.2) is 12.4 Å². The molecule has 0 amide bonds. The lowest BCUT2D eigenvalue weighted by Crippen LogP contribution is -2.18. The summed E-state index contributed by atoms with van der Waals surface area (Å²) in [6.07, 6.45) is 0. The summed E-state index contributed by atoms with van der Waals surface area (Å²) in [5, 5.41) is 2.71. The Morgan fingerprint density at radius 2 is 1.82 bits per heavy atom. The van der Waals surface area contributed by atoms with Crippen LogP contribution in [-0.4, -0.2) is 26.2 Å². The third-order valence-electron chi connectivity index (χ3n) is 3.74. The van der Waals surface area contributed by atoms with Crippen molar-refractivity contribution in [2.75, 3.05) is 11.1 Å². The van der Waals surface area contributed by atoms with Gasteiger partial charge in [-0.15, -0.1) is 11.8 Å². The first kappa shape index (κ1) is 19.6. The number of rotatable bonds is 7. The Balaban J connectivity index is 1.60. The molecule has 3 N–H and O–H groups in total. The summed E-state index contributed by atoms with van der Waals surface area (Å²) < 4.78 is 5.34. The minimum absolute atomic E-state index is 0.0577. The van der Waals surface area contributed by atoms with E-state index in [1.165, 1.54) is 11.8 Å². The molecule has 0 radical (unpaired) electrons. The highest BCUT2D eigenvalue weighted by atomic mass is 32.2. The number of nitrogen functional groups attached to an aromatic ring is 1. The Labute approximate surface area is 167 Å². The second kappa shape index (κ2) is 9.18. The van der Waals surface area contributed by atoms with Crippen LogP contribution in [0.5, 0.6) is 0 Å². The van der Waals surface area contributed by atoms with Gasteiger partial charge < -0.3 is 15.8 Å². The maximum atomic E-state index is 12.3. The molecule has 2 aromatic carbocycles. The number of hydrogen-bond donors (Lipinski definition) is 2. The number of carbonyl (C=O) groups is 1. The number of anilines is 3. The average molecular weight is 395 g/mol. The van der Waals surface area contributed by atoms with E-state index in [0.717, 1.165) is 16.1 Å². The van der Waals surface area contributed by atoms with Gasteiger partial charge >= 0.3 is 5.97 Å². The number of nitrogens with zero attached hydrogens (tertiary/aromatic N) is 3. The van der Waals surface area contributed by atoms with Gasteiger partial charge in [-0.25, -0.2) is 0 Å². The molecule has 0 saturated heterocycles. The van der Waals surface area contributed by atoms with Crippen LogP contribution in [-0.2, 0) is 16.1 Å². The van der Waals surface area contributed by atoms with Gasteiger partial charge in [-0.1, -0.05) is 35.9 Å². The lowest BCUT2D eigenvalue weighted by Gasteiger charge is -2.11. The molecule has 144 valence electrons. The Morgan fingerprint density at radius 1 is 1.11 bits per heavy atom. The highest BCUT2D eigenvalue weighted by Crippen LogP contribution is 2.23. The summed E-state index contributed by atoms with van der Waals surface area (Å²) >= 11 is 1.43. The predicted molar refractivity (Wildman–Crippen MR) is 110 cm³/mol. The second-order valence-electron chi connectivity index (χ2n) is 6.11. The monoisotopic (exact) mass is 395 g/mol. The second-order valence-corrected chi connectivity index (χ2v) is 7.52. The van der Waals surface area contributed by atoms with E-state index in [1.807, 2.05) is 61.5 Å². The number of esters is 1. The SMILES string of the molecule is Cc1ccc(Nc2nc(N)nc(COC(=O)C(C)Sc3ccccc3)n2)cc1. The maximum Gasteiger partial charge on any atom is 0.319 e. The standard InChI is InChI=1S/C20H21N5O2S/c1-13-8-10-15(11-9-13)22-20-24-17(23-19(21)25-20)12-27-18(26)14(2)28-16-6-4-3-5-7-16/h3-11,14H,12H2,1-2H3,(H3,21,22,23,24,25). The first-order valence-corrected chi connectivity index (χ1v) is 9.60. The highest BCUT2D eigenvalue weighted by Gasteiger charge is 2.17. The minimum atomic E-state index is -0.355. The lowest BCUT2D eigenvalue weighted by atomic mass is 10.2. The number of carbonyl (C=O) groups excluding carboxylic acids is 1. The summed E-state index contributed by atoms with van der Waals surface area (Å²) in [6.45, 7) is 3.73. The van der Waals surface area contributed by atoms with Crippen molar-refractivity contribution in [2.45, 2.75) is 30.6 Å². The van der Waals surface area contributed by atoms with Gasteiger partial charge in [0.25, 0.3) is 0 Å². The summed E-state index contributed by atoms with van der Waals surface area (Å²) in [7, 11) is 0. The van der Waals surface area contributed by atoms with Crippen LogP contribution in [0.4, 0.5) is 17.6 Å². The van der Waals surface area contributed by atoms with Gasteiger partial charge in [-0.3, -0.25) is 4.79 Å². The number of benzene rings is 2. The molecule has 1 aromatic heterocycles. The van der Waals surface area contributed by atoms with Crippen LogP contribution in [0.2, 0.25) is 0 Å². The van der Waals surface area contributed by atoms with E-state index in [-0.39, 0.29) is 29.6 Å². The average Bonchev–Trinajstić information content (AvgIpc) is 2.68. The van der Waals surface area contributed by atoms with Crippen molar-refractivity contribution in [1.29, 1.82) is 0 Å². The van der Waals surface area contributed by atoms with Crippen molar-refractivity contribution in [1.82, 2.24) is 15.0 Å². The summed E-state index contributed by atoms with van der Waals surface area (Å²) in [5.41, 5.74) is 7.73. The molecule has 0 aliphatic carbocycles. The van der Waals surface area contributed by atoms with E-state index in [1.54, 1.807) is 6.92 Å². The molecular formula is C20H21N5O2S. The van der Waals surface area contributed by atoms with E-state index < -0.39 is 0 Å². The number of hydrogen-bond acceptors (Lipinski definition) is 8. The molecule has 0 aliphatic rings. The number of aryl methyl sites for hydroxylation is 1. The molecule has 3 rings (SSSR count). The molecule has 8 heteroatoms. The Bertz CT molecular complexity index is 935. The zero-order valence-electron chi connectivity index (χ0n) is 15.6. The molecule has 1 heterocycles. The first-order chi connectivity index (χ1) is 13.5. The molecule has 0 spiro atoms. The number of aromatic nitrogens is 3. The normalized spacial score (nSPS) is 11.6. The Kier molecular flexibility index (Phi) is 6.44. The lowest BCUT2D eigenvalue weighted by molar-refractivity contribution is -0.144. The van der Waals surface area contributed by atoms with Crippen molar-refractivity contribution in [3.63, 3.8) is 0 Å². The van der Waals surface area contributed by atoms with Gasteiger partial charge in [-0.05, 0) is 38.1 Å². The largest absolute Gasteiger partial charge is 0.457 e. The molecule has 0 aliphatic heterocycles. The maximum absolute atomic E-state index is 12.3. The van der Waals surface area contributed by atoms with Crippen LogP contribution in [0, 0.1) is 6.92 Å². The quantitative estimate of drug-likeness (QED) is 0.461. The number of nitrogens with two attached hydrogens (primary N) is 1. The number of ether oxygens (including phenoxy) is 1. The molecule has 1 atom stereocenters. The Morgan fingerprint density at radius 3 is 2.54 bits per heavy atom. The third-order valence-corrected chi connectivity index (χ3v) is 4.83. The van der Waals surface area contributed by atoms with Crippen LogP contribution < -0.4 is 11.1 Å². The van der Waals surface area contributed by atoms with Crippen LogP contribution >= 0.6 is 11.8 Å². The van der Waals surface area contributed by atoms with Gasteiger partial charge in [0.05, 0.1) is 0 Å². The topological polar surface area (TPSA) is 103 Å². The van der Waals surface area contributed by atoms with Crippen LogP contribution in [0.15, 0.2) is 59.5 Å². The fourth-order valence-electron chi connectivity index (χ4n) is 2.33. The first-order valence-electron chi connectivity index (χ1n) is 8.72. The molecule has 7 nitrogen and oxygen atoms in total.